The smallest absolute Gasteiger partial charge is 0.00966 e. The van der Waals surface area contributed by atoms with Gasteiger partial charge in [-0.3, -0.25) is 0 Å². The lowest BCUT2D eigenvalue weighted by atomic mass is 10.0. The molecule has 0 saturated heterocycles. The molecular formula is C17H35N. The monoisotopic (exact) mass is 253 g/mol. The first-order valence-corrected chi connectivity index (χ1v) is 7.86. The summed E-state index contributed by atoms with van der Waals surface area (Å²) in [6, 6.07) is 0. The van der Waals surface area contributed by atoms with E-state index in [9.17, 15) is 0 Å². The summed E-state index contributed by atoms with van der Waals surface area (Å²) < 4.78 is 0. The second-order valence-corrected chi connectivity index (χ2v) is 6.53. The molecule has 0 saturated carbocycles. The molecule has 0 atom stereocenters. The summed E-state index contributed by atoms with van der Waals surface area (Å²) in [4.78, 5) is 0. The lowest BCUT2D eigenvalue weighted by molar-refractivity contribution is 0.431. The first-order valence-electron chi connectivity index (χ1n) is 7.86. The molecule has 18 heavy (non-hydrogen) atoms. The largest absolute Gasteiger partial charge is 0.312 e. The van der Waals surface area contributed by atoms with Gasteiger partial charge in [0.25, 0.3) is 0 Å². The molecule has 0 aromatic rings. The maximum absolute atomic E-state index is 3.52. The van der Waals surface area contributed by atoms with Gasteiger partial charge in [0.05, 0.1) is 0 Å². The topological polar surface area (TPSA) is 12.0 Å². The summed E-state index contributed by atoms with van der Waals surface area (Å²) in [6.07, 6.45) is 13.3. The maximum Gasteiger partial charge on any atom is 0.00966 e. The van der Waals surface area contributed by atoms with Crippen molar-refractivity contribution in [2.24, 2.45) is 0 Å². The SMILES string of the molecule is CCCCCCCCC(C)=CCCNC(C)(C)C. The minimum absolute atomic E-state index is 0.251. The molecule has 0 aromatic heterocycles. The molecule has 0 aliphatic heterocycles. The van der Waals surface area contributed by atoms with E-state index >= 15 is 0 Å². The highest BCUT2D eigenvalue weighted by molar-refractivity contribution is 4.98. The van der Waals surface area contributed by atoms with Gasteiger partial charge < -0.3 is 5.32 Å². The van der Waals surface area contributed by atoms with E-state index in [1.807, 2.05) is 0 Å². The third kappa shape index (κ3) is 13.8. The predicted molar refractivity (Wildman–Crippen MR) is 84.1 cm³/mol. The molecule has 1 nitrogen and oxygen atoms in total. The van der Waals surface area contributed by atoms with E-state index in [1.54, 1.807) is 5.57 Å². The summed E-state index contributed by atoms with van der Waals surface area (Å²) in [5.41, 5.74) is 1.82. The van der Waals surface area contributed by atoms with E-state index < -0.39 is 0 Å². The molecule has 1 heteroatoms. The van der Waals surface area contributed by atoms with Crippen LogP contribution in [0.3, 0.4) is 0 Å². The van der Waals surface area contributed by atoms with Crippen molar-refractivity contribution >= 4 is 0 Å². The second-order valence-electron chi connectivity index (χ2n) is 6.53. The fraction of sp³-hybridized carbons (Fsp3) is 0.882. The maximum atomic E-state index is 3.52. The summed E-state index contributed by atoms with van der Waals surface area (Å²) in [5, 5.41) is 3.52. The van der Waals surface area contributed by atoms with Crippen molar-refractivity contribution in [3.05, 3.63) is 11.6 Å². The van der Waals surface area contributed by atoms with Crippen LogP contribution in [0, 0.1) is 0 Å². The average molecular weight is 253 g/mol. The van der Waals surface area contributed by atoms with Crippen molar-refractivity contribution in [1.29, 1.82) is 0 Å². The van der Waals surface area contributed by atoms with E-state index in [0.717, 1.165) is 6.54 Å². The zero-order valence-corrected chi connectivity index (χ0v) is 13.4. The summed E-state index contributed by atoms with van der Waals surface area (Å²) in [7, 11) is 0. The van der Waals surface area contributed by atoms with Crippen molar-refractivity contribution in [3.8, 4) is 0 Å². The number of rotatable bonds is 10. The standard InChI is InChI=1S/C17H35N/c1-6-7-8-9-10-11-13-16(2)14-12-15-18-17(3,4)5/h14,18H,6-13,15H2,1-5H3. The Labute approximate surface area is 115 Å². The fourth-order valence-corrected chi connectivity index (χ4v) is 2.05. The van der Waals surface area contributed by atoms with E-state index in [2.05, 4.69) is 46.0 Å². The van der Waals surface area contributed by atoms with Gasteiger partial charge in [0.1, 0.15) is 0 Å². The molecule has 0 heterocycles. The van der Waals surface area contributed by atoms with Crippen molar-refractivity contribution in [2.45, 2.75) is 91.5 Å². The first kappa shape index (κ1) is 17.7. The molecule has 0 aromatic carbocycles. The van der Waals surface area contributed by atoms with Gasteiger partial charge >= 0.3 is 0 Å². The molecule has 0 amide bonds. The minimum Gasteiger partial charge on any atom is -0.312 e. The van der Waals surface area contributed by atoms with Crippen LogP contribution in [0.5, 0.6) is 0 Å². The second kappa shape index (κ2) is 10.6. The quantitative estimate of drug-likeness (QED) is 0.402. The van der Waals surface area contributed by atoms with Gasteiger partial charge in [0, 0.05) is 5.54 Å². The highest BCUT2D eigenvalue weighted by Gasteiger charge is 2.06. The molecule has 0 aliphatic rings. The van der Waals surface area contributed by atoms with Crippen LogP contribution in [0.4, 0.5) is 0 Å². The molecule has 0 rings (SSSR count). The minimum atomic E-state index is 0.251. The fourth-order valence-electron chi connectivity index (χ4n) is 2.05. The van der Waals surface area contributed by atoms with Crippen LogP contribution in [0.2, 0.25) is 0 Å². The Hall–Kier alpha value is -0.300. The lowest BCUT2D eigenvalue weighted by Crippen LogP contribution is -2.36. The van der Waals surface area contributed by atoms with E-state index in [1.165, 1.54) is 51.4 Å². The Morgan fingerprint density at radius 1 is 1.00 bits per heavy atom. The van der Waals surface area contributed by atoms with Crippen LogP contribution in [0.15, 0.2) is 11.6 Å². The highest BCUT2D eigenvalue weighted by atomic mass is 14.9. The van der Waals surface area contributed by atoms with E-state index in [-0.39, 0.29) is 5.54 Å². The van der Waals surface area contributed by atoms with Gasteiger partial charge in [-0.05, 0) is 53.5 Å². The summed E-state index contributed by atoms with van der Waals surface area (Å²) >= 11 is 0. The van der Waals surface area contributed by atoms with Gasteiger partial charge in [-0.15, -0.1) is 0 Å². The van der Waals surface area contributed by atoms with E-state index in [4.69, 9.17) is 0 Å². The number of hydrogen-bond acceptors (Lipinski definition) is 1. The summed E-state index contributed by atoms with van der Waals surface area (Å²) in [5.74, 6) is 0. The average Bonchev–Trinajstić information content (AvgIpc) is 2.28. The molecule has 0 aliphatic carbocycles. The third-order valence-corrected chi connectivity index (χ3v) is 3.22. The number of nitrogens with one attached hydrogen (secondary N) is 1. The summed E-state index contributed by atoms with van der Waals surface area (Å²) in [6.45, 7) is 12.3. The van der Waals surface area contributed by atoms with Crippen LogP contribution in [0.1, 0.15) is 86.0 Å². The van der Waals surface area contributed by atoms with Crippen molar-refractivity contribution in [3.63, 3.8) is 0 Å². The molecule has 0 radical (unpaired) electrons. The molecular weight excluding hydrogens is 218 g/mol. The Balaban J connectivity index is 3.42. The molecule has 0 spiro atoms. The molecule has 0 fully saturated rings. The molecule has 1 N–H and O–H groups in total. The number of hydrogen-bond donors (Lipinski definition) is 1. The predicted octanol–water partition coefficient (Wildman–Crippen LogP) is 5.46. The van der Waals surface area contributed by atoms with Gasteiger partial charge in [-0.2, -0.15) is 0 Å². The lowest BCUT2D eigenvalue weighted by Gasteiger charge is -2.19. The van der Waals surface area contributed by atoms with Crippen LogP contribution in [-0.4, -0.2) is 12.1 Å². The van der Waals surface area contributed by atoms with Crippen LogP contribution in [0.25, 0.3) is 0 Å². The Morgan fingerprint density at radius 3 is 2.22 bits per heavy atom. The van der Waals surface area contributed by atoms with Gasteiger partial charge in [-0.1, -0.05) is 50.7 Å². The van der Waals surface area contributed by atoms with Crippen LogP contribution >= 0.6 is 0 Å². The van der Waals surface area contributed by atoms with Crippen molar-refractivity contribution in [1.82, 2.24) is 5.32 Å². The zero-order chi connectivity index (χ0) is 13.9. The van der Waals surface area contributed by atoms with Crippen LogP contribution in [-0.2, 0) is 0 Å². The molecule has 0 bridgehead atoms. The Kier molecular flexibility index (Phi) is 10.4. The molecule has 0 unspecified atom stereocenters. The zero-order valence-electron chi connectivity index (χ0n) is 13.4. The first-order chi connectivity index (χ1) is 8.45. The number of allylic oxidation sites excluding steroid dienone is 1. The van der Waals surface area contributed by atoms with E-state index in [0.29, 0.717) is 0 Å². The van der Waals surface area contributed by atoms with Crippen LogP contribution < -0.4 is 5.32 Å². The molecule has 108 valence electrons. The Bertz CT molecular complexity index is 210. The van der Waals surface area contributed by atoms with Crippen molar-refractivity contribution in [2.75, 3.05) is 6.54 Å². The van der Waals surface area contributed by atoms with Crippen molar-refractivity contribution < 1.29 is 0 Å². The third-order valence-electron chi connectivity index (χ3n) is 3.22. The van der Waals surface area contributed by atoms with Gasteiger partial charge in [0.15, 0.2) is 0 Å². The number of unbranched alkanes of at least 4 members (excludes halogenated alkanes) is 5. The highest BCUT2D eigenvalue weighted by Crippen LogP contribution is 2.11. The van der Waals surface area contributed by atoms with Gasteiger partial charge in [-0.25, -0.2) is 0 Å². The normalized spacial score (nSPS) is 13.1. The Morgan fingerprint density at radius 2 is 1.61 bits per heavy atom. The van der Waals surface area contributed by atoms with Gasteiger partial charge in [0.2, 0.25) is 0 Å².